The molecule has 0 heterocycles. The summed E-state index contributed by atoms with van der Waals surface area (Å²) in [7, 11) is 0. The maximum atomic E-state index is 12.9. The molecule has 120 valence electrons. The quantitative estimate of drug-likeness (QED) is 0.245. The highest BCUT2D eigenvalue weighted by molar-refractivity contribution is 7.99. The third-order valence-corrected chi connectivity index (χ3v) is 6.23. The molecular formula is C15H27N3O2S. The smallest absolute Gasteiger partial charge is 0.234 e. The van der Waals surface area contributed by atoms with E-state index in [1.807, 2.05) is 11.8 Å². The van der Waals surface area contributed by atoms with Crippen molar-refractivity contribution in [2.45, 2.75) is 69.1 Å². The molecule has 2 saturated carbocycles. The highest BCUT2D eigenvalue weighted by Gasteiger charge is 2.44. The Morgan fingerprint density at radius 1 is 1.24 bits per heavy atom. The summed E-state index contributed by atoms with van der Waals surface area (Å²) >= 11 is 1.82. The van der Waals surface area contributed by atoms with Crippen molar-refractivity contribution >= 4 is 23.5 Å². The molecule has 2 unspecified atom stereocenters. The van der Waals surface area contributed by atoms with E-state index in [4.69, 9.17) is 10.9 Å². The molecule has 6 heteroatoms. The molecule has 2 aliphatic carbocycles. The number of hydrogen-bond acceptors (Lipinski definition) is 4. The van der Waals surface area contributed by atoms with Gasteiger partial charge in [-0.1, -0.05) is 37.3 Å². The fourth-order valence-corrected chi connectivity index (χ4v) is 4.64. The zero-order valence-electron chi connectivity index (χ0n) is 12.8. The molecule has 4 N–H and O–H groups in total. The third-order valence-electron chi connectivity index (χ3n) is 5.06. The summed E-state index contributed by atoms with van der Waals surface area (Å²) < 4.78 is 0. The first-order chi connectivity index (χ1) is 10.1. The average molecular weight is 313 g/mol. The fraction of sp³-hybridized carbons (Fsp3) is 0.867. The second-order valence-corrected chi connectivity index (χ2v) is 7.34. The van der Waals surface area contributed by atoms with Gasteiger partial charge in [0, 0.05) is 11.3 Å². The van der Waals surface area contributed by atoms with Crippen LogP contribution in [0.25, 0.3) is 0 Å². The highest BCUT2D eigenvalue weighted by atomic mass is 32.2. The molecule has 2 aliphatic rings. The van der Waals surface area contributed by atoms with Crippen LogP contribution in [0, 0.1) is 5.41 Å². The van der Waals surface area contributed by atoms with Crippen LogP contribution in [0.1, 0.15) is 57.8 Å². The lowest BCUT2D eigenvalue weighted by Gasteiger charge is -2.32. The maximum absolute atomic E-state index is 12.9. The Morgan fingerprint density at radius 2 is 1.90 bits per heavy atom. The van der Waals surface area contributed by atoms with Crippen molar-refractivity contribution in [1.82, 2.24) is 5.32 Å². The van der Waals surface area contributed by atoms with Gasteiger partial charge >= 0.3 is 0 Å². The minimum absolute atomic E-state index is 0.0364. The van der Waals surface area contributed by atoms with Crippen LogP contribution in [0.3, 0.4) is 0 Å². The van der Waals surface area contributed by atoms with Crippen molar-refractivity contribution in [2.24, 2.45) is 16.3 Å². The zero-order valence-corrected chi connectivity index (χ0v) is 13.6. The molecule has 0 aromatic rings. The summed E-state index contributed by atoms with van der Waals surface area (Å²) in [5, 5.41) is 16.0. The number of amidine groups is 1. The van der Waals surface area contributed by atoms with Crippen LogP contribution < -0.4 is 11.1 Å². The van der Waals surface area contributed by atoms with E-state index in [2.05, 4.69) is 16.7 Å². The Kier molecular flexibility index (Phi) is 5.79. The van der Waals surface area contributed by atoms with Crippen molar-refractivity contribution in [3.8, 4) is 0 Å². The Labute approximate surface area is 131 Å². The molecule has 2 atom stereocenters. The number of oxime groups is 1. The summed E-state index contributed by atoms with van der Waals surface area (Å²) in [4.78, 5) is 12.9. The van der Waals surface area contributed by atoms with E-state index in [0.717, 1.165) is 44.9 Å². The molecule has 21 heavy (non-hydrogen) atoms. The summed E-state index contributed by atoms with van der Waals surface area (Å²) in [6.07, 6.45) is 11.0. The van der Waals surface area contributed by atoms with E-state index in [9.17, 15) is 4.79 Å². The van der Waals surface area contributed by atoms with Crippen LogP contribution in [-0.2, 0) is 4.79 Å². The van der Waals surface area contributed by atoms with Crippen LogP contribution in [0.5, 0.6) is 0 Å². The predicted octanol–water partition coefficient (Wildman–Crippen LogP) is 2.47. The fourth-order valence-electron chi connectivity index (χ4n) is 3.71. The largest absolute Gasteiger partial charge is 0.409 e. The van der Waals surface area contributed by atoms with Crippen LogP contribution >= 0.6 is 11.8 Å². The molecule has 2 rings (SSSR count). The number of nitrogens with two attached hydrogens (primary N) is 1. The van der Waals surface area contributed by atoms with Gasteiger partial charge in [0.25, 0.3) is 0 Å². The van der Waals surface area contributed by atoms with Crippen LogP contribution in [0.15, 0.2) is 5.16 Å². The minimum atomic E-state index is -0.809. The van der Waals surface area contributed by atoms with Gasteiger partial charge in [0.2, 0.25) is 5.91 Å². The van der Waals surface area contributed by atoms with E-state index in [1.54, 1.807) is 0 Å². The number of nitrogens with zero attached hydrogens (tertiary/aromatic N) is 1. The zero-order chi connectivity index (χ0) is 15.3. The van der Waals surface area contributed by atoms with E-state index < -0.39 is 5.41 Å². The maximum Gasteiger partial charge on any atom is 0.234 e. The lowest BCUT2D eigenvalue weighted by molar-refractivity contribution is -0.129. The monoisotopic (exact) mass is 313 g/mol. The van der Waals surface area contributed by atoms with Gasteiger partial charge in [-0.25, -0.2) is 0 Å². The third kappa shape index (κ3) is 3.47. The molecule has 1 amide bonds. The molecule has 0 saturated heterocycles. The lowest BCUT2D eigenvalue weighted by Crippen LogP contribution is -2.53. The first kappa shape index (κ1) is 16.5. The molecule has 0 bridgehead atoms. The van der Waals surface area contributed by atoms with Gasteiger partial charge in [0.15, 0.2) is 5.84 Å². The Balaban J connectivity index is 2.14. The minimum Gasteiger partial charge on any atom is -0.409 e. The Morgan fingerprint density at radius 3 is 2.48 bits per heavy atom. The summed E-state index contributed by atoms with van der Waals surface area (Å²) in [5.41, 5.74) is 5.12. The van der Waals surface area contributed by atoms with Gasteiger partial charge in [-0.2, -0.15) is 11.8 Å². The standard InChI is InChI=1S/C15H27N3O2S/c1-21-12-8-6-7-11(12)17-14(19)15(13(16)18-20)9-4-2-3-5-10-15/h11-12,20H,2-10H2,1H3,(H2,16,18)(H,17,19). The molecule has 2 fully saturated rings. The Hall–Kier alpha value is -0.910. The van der Waals surface area contributed by atoms with Gasteiger partial charge in [-0.3, -0.25) is 4.79 Å². The van der Waals surface area contributed by atoms with E-state index >= 15 is 0 Å². The predicted molar refractivity (Wildman–Crippen MR) is 86.6 cm³/mol. The summed E-state index contributed by atoms with van der Waals surface area (Å²) in [5.74, 6) is 0.0475. The topological polar surface area (TPSA) is 87.7 Å². The highest BCUT2D eigenvalue weighted by Crippen LogP contribution is 2.37. The number of hydrogen-bond donors (Lipinski definition) is 3. The van der Waals surface area contributed by atoms with Gasteiger partial charge in [-0.05, 0) is 31.9 Å². The lowest BCUT2D eigenvalue weighted by atomic mass is 9.78. The number of carbonyl (C=O) groups is 1. The first-order valence-corrected chi connectivity index (χ1v) is 9.24. The van der Waals surface area contributed by atoms with Gasteiger partial charge in [-0.15, -0.1) is 0 Å². The number of thioether (sulfide) groups is 1. The van der Waals surface area contributed by atoms with Crippen molar-refractivity contribution < 1.29 is 10.0 Å². The molecule has 5 nitrogen and oxygen atoms in total. The number of nitrogens with one attached hydrogen (secondary N) is 1. The van der Waals surface area contributed by atoms with Crippen molar-refractivity contribution in [2.75, 3.05) is 6.26 Å². The van der Waals surface area contributed by atoms with Crippen molar-refractivity contribution in [3.63, 3.8) is 0 Å². The second kappa shape index (κ2) is 7.38. The molecule has 0 spiro atoms. The Bertz CT molecular complexity index is 392. The van der Waals surface area contributed by atoms with Crippen molar-refractivity contribution in [3.05, 3.63) is 0 Å². The van der Waals surface area contributed by atoms with Crippen LogP contribution in [-0.4, -0.2) is 34.5 Å². The van der Waals surface area contributed by atoms with Crippen molar-refractivity contribution in [1.29, 1.82) is 0 Å². The molecule has 0 radical (unpaired) electrons. The SMILES string of the molecule is CSC1CCCC1NC(=O)C1(C(N)=NO)CCCCCC1. The van der Waals surface area contributed by atoms with E-state index in [1.165, 1.54) is 0 Å². The van der Waals surface area contributed by atoms with E-state index in [-0.39, 0.29) is 17.8 Å². The van der Waals surface area contributed by atoms with E-state index in [0.29, 0.717) is 18.1 Å². The molecule has 0 aliphatic heterocycles. The average Bonchev–Trinajstić information content (AvgIpc) is 2.79. The molecule has 0 aromatic heterocycles. The normalized spacial score (nSPS) is 29.9. The van der Waals surface area contributed by atoms with Crippen LogP contribution in [0.4, 0.5) is 0 Å². The molecular weight excluding hydrogens is 286 g/mol. The summed E-state index contributed by atoms with van der Waals surface area (Å²) in [6, 6.07) is 0.221. The van der Waals surface area contributed by atoms with Gasteiger partial charge in [0.05, 0.1) is 0 Å². The van der Waals surface area contributed by atoms with Gasteiger partial charge in [0.1, 0.15) is 5.41 Å². The number of carbonyl (C=O) groups excluding carboxylic acids is 1. The number of amides is 1. The second-order valence-electron chi connectivity index (χ2n) is 6.27. The number of rotatable bonds is 4. The van der Waals surface area contributed by atoms with Gasteiger partial charge < -0.3 is 16.3 Å². The first-order valence-electron chi connectivity index (χ1n) is 7.96. The van der Waals surface area contributed by atoms with Crippen LogP contribution in [0.2, 0.25) is 0 Å². The summed E-state index contributed by atoms with van der Waals surface area (Å²) in [6.45, 7) is 0. The molecule has 0 aromatic carbocycles.